The molecular formula is C23H32N4OS. The molecule has 0 amide bonds. The van der Waals surface area contributed by atoms with E-state index in [1.54, 1.807) is 0 Å². The van der Waals surface area contributed by atoms with Crippen molar-refractivity contribution in [2.75, 3.05) is 57.5 Å². The highest BCUT2D eigenvalue weighted by molar-refractivity contribution is 7.99. The van der Waals surface area contributed by atoms with Crippen molar-refractivity contribution in [1.82, 2.24) is 9.80 Å². The molecule has 4 rings (SSSR count). The maximum absolute atomic E-state index is 7.00. The number of aliphatic hydroxyl groups is 1. The Kier molecular flexibility index (Phi) is 8.40. The summed E-state index contributed by atoms with van der Waals surface area (Å²) in [4.78, 5) is 11.8. The zero-order valence-corrected chi connectivity index (χ0v) is 18.3. The zero-order valence-electron chi connectivity index (χ0n) is 17.4. The van der Waals surface area contributed by atoms with Crippen LogP contribution in [0.2, 0.25) is 0 Å². The number of rotatable bonds is 6. The Balaban J connectivity index is 0.00000117. The molecule has 2 aromatic rings. The third-order valence-electron chi connectivity index (χ3n) is 5.33. The van der Waals surface area contributed by atoms with Crippen LogP contribution in [-0.2, 0) is 0 Å². The van der Waals surface area contributed by atoms with Crippen LogP contribution < -0.4 is 4.90 Å². The van der Waals surface area contributed by atoms with Crippen molar-refractivity contribution < 1.29 is 5.11 Å². The lowest BCUT2D eigenvalue weighted by molar-refractivity contribution is 0.259. The molecule has 29 heavy (non-hydrogen) atoms. The summed E-state index contributed by atoms with van der Waals surface area (Å²) in [5.41, 5.74) is 1.63. The van der Waals surface area contributed by atoms with E-state index in [1.165, 1.54) is 29.4 Å². The molecule has 2 aliphatic heterocycles. The van der Waals surface area contributed by atoms with Crippen molar-refractivity contribution in [3.8, 4) is 0 Å². The molecule has 2 aromatic carbocycles. The number of aliphatic hydroxyl groups excluding tert-OH is 1. The van der Waals surface area contributed by atoms with Crippen LogP contribution in [0.25, 0.3) is 10.8 Å². The molecule has 6 heteroatoms. The van der Waals surface area contributed by atoms with E-state index in [4.69, 9.17) is 5.11 Å². The maximum Gasteiger partial charge on any atom is 0.168 e. The summed E-state index contributed by atoms with van der Waals surface area (Å²) >= 11 is 1.93. The van der Waals surface area contributed by atoms with Gasteiger partial charge in [0.15, 0.2) is 5.50 Å². The topological polar surface area (TPSA) is 42.3 Å². The number of anilines is 1. The second kappa shape index (κ2) is 11.2. The number of fused-ring (bicyclic) bond motifs is 1. The lowest BCUT2D eigenvalue weighted by atomic mass is 10.1. The van der Waals surface area contributed by atoms with Crippen LogP contribution in [0.15, 0.2) is 59.7 Å². The van der Waals surface area contributed by atoms with Crippen molar-refractivity contribution in [1.29, 1.82) is 0 Å². The zero-order chi connectivity index (χ0) is 20.5. The second-order valence-corrected chi connectivity index (χ2v) is 8.35. The van der Waals surface area contributed by atoms with E-state index in [1.807, 2.05) is 24.1 Å². The summed E-state index contributed by atoms with van der Waals surface area (Å²) in [5, 5.41) is 9.70. The van der Waals surface area contributed by atoms with Gasteiger partial charge in [-0.05, 0) is 36.2 Å². The number of hydrogen-bond donors (Lipinski definition) is 1. The quantitative estimate of drug-likeness (QED) is 0.736. The van der Waals surface area contributed by atoms with E-state index in [2.05, 4.69) is 75.4 Å². The van der Waals surface area contributed by atoms with Gasteiger partial charge >= 0.3 is 0 Å². The summed E-state index contributed by atoms with van der Waals surface area (Å²) < 4.78 is 0. The average Bonchev–Trinajstić information content (AvgIpc) is 2.79. The van der Waals surface area contributed by atoms with Crippen molar-refractivity contribution in [2.45, 2.75) is 11.9 Å². The Morgan fingerprint density at radius 1 is 1.03 bits per heavy atom. The van der Waals surface area contributed by atoms with Gasteiger partial charge in [0.2, 0.25) is 0 Å². The first-order valence-corrected chi connectivity index (χ1v) is 11.3. The number of hydrogen-bond acceptors (Lipinski definition) is 6. The molecule has 0 bridgehead atoms. The Hall–Kier alpha value is -2.02. The van der Waals surface area contributed by atoms with E-state index >= 15 is 0 Å². The molecule has 0 radical (unpaired) electrons. The molecule has 1 fully saturated rings. The largest absolute Gasteiger partial charge is 0.400 e. The summed E-state index contributed by atoms with van der Waals surface area (Å²) in [6, 6.07) is 15.4. The lowest BCUT2D eigenvalue weighted by Gasteiger charge is -2.36. The predicted molar refractivity (Wildman–Crippen MR) is 127 cm³/mol. The summed E-state index contributed by atoms with van der Waals surface area (Å²) in [6.07, 6.45) is 7.22. The molecule has 1 saturated heterocycles. The SMILES string of the molecule is CN1C=CC=NC1SCCCN1CCN(c2cccc3ccccc23)CC1.CO. The summed E-state index contributed by atoms with van der Waals surface area (Å²) in [7, 11) is 3.09. The highest BCUT2D eigenvalue weighted by Gasteiger charge is 2.18. The number of benzene rings is 2. The van der Waals surface area contributed by atoms with Gasteiger partial charge < -0.3 is 14.9 Å². The fourth-order valence-electron chi connectivity index (χ4n) is 3.81. The molecule has 156 valence electrons. The molecule has 0 saturated carbocycles. The first kappa shape index (κ1) is 21.7. The molecule has 5 nitrogen and oxygen atoms in total. The Labute approximate surface area is 178 Å². The number of piperazine rings is 1. The van der Waals surface area contributed by atoms with Gasteiger partial charge in [-0.25, -0.2) is 0 Å². The highest BCUT2D eigenvalue weighted by atomic mass is 32.2. The number of nitrogens with zero attached hydrogens (tertiary/aromatic N) is 4. The molecule has 0 aromatic heterocycles. The van der Waals surface area contributed by atoms with Crippen LogP contribution in [0.5, 0.6) is 0 Å². The molecule has 0 aliphatic carbocycles. The normalized spacial score (nSPS) is 19.3. The fraction of sp³-hybridized carbons (Fsp3) is 0.435. The van der Waals surface area contributed by atoms with Gasteiger partial charge in [-0.2, -0.15) is 0 Å². The van der Waals surface area contributed by atoms with Crippen LogP contribution in [0.1, 0.15) is 6.42 Å². The van der Waals surface area contributed by atoms with Gasteiger partial charge in [-0.15, -0.1) is 11.8 Å². The van der Waals surface area contributed by atoms with E-state index in [0.29, 0.717) is 0 Å². The Bertz CT molecular complexity index is 812. The van der Waals surface area contributed by atoms with Crippen molar-refractivity contribution in [2.24, 2.45) is 4.99 Å². The number of aliphatic imine (C=N–C) groups is 1. The van der Waals surface area contributed by atoms with Crippen LogP contribution in [-0.4, -0.2) is 79.3 Å². The van der Waals surface area contributed by atoms with Gasteiger partial charge in [0, 0.05) is 63.8 Å². The van der Waals surface area contributed by atoms with Crippen molar-refractivity contribution in [3.05, 3.63) is 54.7 Å². The van der Waals surface area contributed by atoms with Gasteiger partial charge in [-0.3, -0.25) is 9.89 Å². The highest BCUT2D eigenvalue weighted by Crippen LogP contribution is 2.27. The lowest BCUT2D eigenvalue weighted by Crippen LogP contribution is -2.46. The molecule has 2 aliphatic rings. The predicted octanol–water partition coefficient (Wildman–Crippen LogP) is 3.51. The molecule has 0 spiro atoms. The third kappa shape index (κ3) is 5.75. The van der Waals surface area contributed by atoms with Gasteiger partial charge in [0.1, 0.15) is 0 Å². The molecule has 2 heterocycles. The molecule has 1 N–H and O–H groups in total. The van der Waals surface area contributed by atoms with E-state index < -0.39 is 0 Å². The third-order valence-corrected chi connectivity index (χ3v) is 6.61. The minimum atomic E-state index is 0.248. The van der Waals surface area contributed by atoms with Crippen molar-refractivity contribution >= 4 is 34.4 Å². The van der Waals surface area contributed by atoms with E-state index in [9.17, 15) is 0 Å². The van der Waals surface area contributed by atoms with Gasteiger partial charge in [0.25, 0.3) is 0 Å². The summed E-state index contributed by atoms with van der Waals surface area (Å²) in [5.74, 6) is 1.16. The standard InChI is InChI=1S/C22H28N4S.CH4O/c1-24-12-5-11-23-22(24)27-18-6-13-25-14-16-26(17-15-25)21-10-4-8-19-7-2-3-9-20(19)21;1-2/h2-5,7-12,22H,6,13-18H2,1H3;2H,1H3. The van der Waals surface area contributed by atoms with E-state index in [0.717, 1.165) is 39.0 Å². The molecule has 1 unspecified atom stereocenters. The number of thioether (sulfide) groups is 1. The second-order valence-electron chi connectivity index (χ2n) is 7.18. The van der Waals surface area contributed by atoms with Gasteiger partial charge in [0.05, 0.1) is 0 Å². The van der Waals surface area contributed by atoms with Crippen molar-refractivity contribution in [3.63, 3.8) is 0 Å². The fourth-order valence-corrected chi connectivity index (χ4v) is 4.78. The number of allylic oxidation sites excluding steroid dienone is 1. The average molecular weight is 413 g/mol. The van der Waals surface area contributed by atoms with Crippen LogP contribution >= 0.6 is 11.8 Å². The van der Waals surface area contributed by atoms with Crippen LogP contribution in [0, 0.1) is 0 Å². The Morgan fingerprint density at radius 2 is 1.79 bits per heavy atom. The molecule has 1 atom stereocenters. The summed E-state index contributed by atoms with van der Waals surface area (Å²) in [6.45, 7) is 5.71. The monoisotopic (exact) mass is 412 g/mol. The first-order valence-electron chi connectivity index (χ1n) is 10.2. The maximum atomic E-state index is 7.00. The minimum absolute atomic E-state index is 0.248. The minimum Gasteiger partial charge on any atom is -0.400 e. The smallest absolute Gasteiger partial charge is 0.168 e. The Morgan fingerprint density at radius 3 is 2.59 bits per heavy atom. The van der Waals surface area contributed by atoms with Crippen LogP contribution in [0.3, 0.4) is 0 Å². The molecular weight excluding hydrogens is 380 g/mol. The first-order chi connectivity index (χ1) is 14.3. The van der Waals surface area contributed by atoms with Gasteiger partial charge in [-0.1, -0.05) is 36.4 Å². The van der Waals surface area contributed by atoms with Crippen LogP contribution in [0.4, 0.5) is 5.69 Å². The van der Waals surface area contributed by atoms with E-state index in [-0.39, 0.29) is 5.50 Å².